The number of hydrogen-bond acceptors (Lipinski definition) is 1. The maximum atomic E-state index is 13.2. The quantitative estimate of drug-likeness (QED) is 0.514. The predicted molar refractivity (Wildman–Crippen MR) is 79.6 cm³/mol. The zero-order valence-electron chi connectivity index (χ0n) is 10.3. The van der Waals surface area contributed by atoms with Crippen LogP contribution in [-0.4, -0.2) is 5.11 Å². The topological polar surface area (TPSA) is 20.2 Å². The van der Waals surface area contributed by atoms with Crippen molar-refractivity contribution in [3.63, 3.8) is 0 Å². The molecule has 2 rings (SSSR count). The smallest absolute Gasteiger partial charge is 0.384 e. The van der Waals surface area contributed by atoms with Crippen LogP contribution in [0, 0.1) is 9.39 Å². The second-order valence-corrected chi connectivity index (χ2v) is 5.88. The molecular weight excluding hydrogens is 423 g/mol. The van der Waals surface area contributed by atoms with Crippen LogP contribution in [-0.2, 0) is 6.18 Å². The van der Waals surface area contributed by atoms with Crippen molar-refractivity contribution in [3.8, 4) is 0 Å². The summed E-state index contributed by atoms with van der Waals surface area (Å²) < 4.78 is 52.0. The third-order valence-corrected chi connectivity index (χ3v) is 4.44. The Bertz CT molecular complexity index is 673. The molecule has 0 saturated carbocycles. The molecule has 1 N–H and O–H groups in total. The lowest BCUT2D eigenvalue weighted by Gasteiger charge is -2.15. The lowest BCUT2D eigenvalue weighted by Crippen LogP contribution is -2.10. The minimum Gasteiger partial charge on any atom is -0.384 e. The summed E-state index contributed by atoms with van der Waals surface area (Å²) in [6.45, 7) is 0. The fourth-order valence-electron chi connectivity index (χ4n) is 1.81. The van der Waals surface area contributed by atoms with Crippen molar-refractivity contribution in [2.24, 2.45) is 0 Å². The Balaban J connectivity index is 2.44. The molecule has 0 saturated heterocycles. The van der Waals surface area contributed by atoms with Gasteiger partial charge in [0.15, 0.2) is 0 Å². The van der Waals surface area contributed by atoms with Crippen LogP contribution in [0.4, 0.5) is 17.6 Å². The first kappa shape index (κ1) is 16.5. The molecule has 0 fully saturated rings. The van der Waals surface area contributed by atoms with Crippen molar-refractivity contribution in [3.05, 3.63) is 67.5 Å². The second kappa shape index (κ2) is 6.10. The molecule has 2 aromatic rings. The molecule has 0 aromatic heterocycles. The van der Waals surface area contributed by atoms with Crippen LogP contribution in [0.5, 0.6) is 0 Å². The van der Waals surface area contributed by atoms with E-state index in [1.807, 2.05) is 22.6 Å². The van der Waals surface area contributed by atoms with Gasteiger partial charge in [-0.2, -0.15) is 13.2 Å². The number of benzene rings is 2. The number of aliphatic hydroxyl groups is 1. The summed E-state index contributed by atoms with van der Waals surface area (Å²) in [7, 11) is 0. The number of aliphatic hydroxyl groups excluding tert-OH is 1. The van der Waals surface area contributed by atoms with Crippen molar-refractivity contribution < 1.29 is 22.7 Å². The molecule has 7 heteroatoms. The summed E-state index contributed by atoms with van der Waals surface area (Å²) in [5, 5.41) is 10.5. The fourth-order valence-corrected chi connectivity index (χ4v) is 2.33. The molecule has 21 heavy (non-hydrogen) atoms. The second-order valence-electron chi connectivity index (χ2n) is 4.31. The van der Waals surface area contributed by atoms with Gasteiger partial charge in [-0.1, -0.05) is 23.7 Å². The minimum absolute atomic E-state index is 0.0546. The van der Waals surface area contributed by atoms with Gasteiger partial charge < -0.3 is 5.11 Å². The average molecular weight is 431 g/mol. The SMILES string of the molecule is OC(c1ccc(I)c(Cl)c1)c1ccc(F)c(C(F)(F)F)c1. The van der Waals surface area contributed by atoms with E-state index in [-0.39, 0.29) is 5.56 Å². The van der Waals surface area contributed by atoms with Gasteiger partial charge in [-0.05, 0) is 58.0 Å². The Kier molecular flexibility index (Phi) is 4.79. The summed E-state index contributed by atoms with van der Waals surface area (Å²) in [5.74, 6) is -1.38. The molecule has 0 bridgehead atoms. The van der Waals surface area contributed by atoms with E-state index in [2.05, 4.69) is 0 Å². The molecule has 112 valence electrons. The molecule has 0 amide bonds. The van der Waals surface area contributed by atoms with Crippen LogP contribution in [0.15, 0.2) is 36.4 Å². The van der Waals surface area contributed by atoms with E-state index in [0.29, 0.717) is 22.7 Å². The molecule has 0 aliphatic rings. The zero-order chi connectivity index (χ0) is 15.8. The van der Waals surface area contributed by atoms with Gasteiger partial charge in [0.1, 0.15) is 11.9 Å². The molecule has 2 aromatic carbocycles. The lowest BCUT2D eigenvalue weighted by atomic mass is 9.99. The van der Waals surface area contributed by atoms with Gasteiger partial charge >= 0.3 is 6.18 Å². The van der Waals surface area contributed by atoms with Crippen molar-refractivity contribution in [1.82, 2.24) is 0 Å². The summed E-state index contributed by atoms with van der Waals surface area (Å²) in [6, 6.07) is 7.05. The molecule has 0 aliphatic heterocycles. The Morgan fingerprint density at radius 3 is 2.19 bits per heavy atom. The lowest BCUT2D eigenvalue weighted by molar-refractivity contribution is -0.140. The van der Waals surface area contributed by atoms with E-state index in [1.54, 1.807) is 12.1 Å². The van der Waals surface area contributed by atoms with Gasteiger partial charge in [-0.25, -0.2) is 4.39 Å². The average Bonchev–Trinajstić information content (AvgIpc) is 2.40. The molecule has 1 atom stereocenters. The van der Waals surface area contributed by atoms with Crippen molar-refractivity contribution in [2.75, 3.05) is 0 Å². The highest BCUT2D eigenvalue weighted by Gasteiger charge is 2.34. The van der Waals surface area contributed by atoms with Gasteiger partial charge in [0.2, 0.25) is 0 Å². The van der Waals surface area contributed by atoms with Crippen LogP contribution in [0.25, 0.3) is 0 Å². The van der Waals surface area contributed by atoms with Crippen molar-refractivity contribution in [2.45, 2.75) is 12.3 Å². The molecule has 0 aliphatic carbocycles. The first-order valence-electron chi connectivity index (χ1n) is 5.70. The maximum Gasteiger partial charge on any atom is 0.419 e. The molecular formula is C14H8ClF4IO. The van der Waals surface area contributed by atoms with E-state index in [9.17, 15) is 22.7 Å². The maximum absolute atomic E-state index is 13.2. The first-order chi connectivity index (χ1) is 9.70. The van der Waals surface area contributed by atoms with Gasteiger partial charge in [0.05, 0.1) is 10.6 Å². The summed E-state index contributed by atoms with van der Waals surface area (Å²) >= 11 is 7.90. The standard InChI is InChI=1S/C14H8ClF4IO/c15-10-6-8(2-4-12(10)20)13(21)7-1-3-11(16)9(5-7)14(17,18)19/h1-6,13,21H. The Labute approximate surface area is 136 Å². The number of halogens is 6. The van der Waals surface area contributed by atoms with Crippen LogP contribution in [0.1, 0.15) is 22.8 Å². The third kappa shape index (κ3) is 3.67. The fraction of sp³-hybridized carbons (Fsp3) is 0.143. The summed E-state index contributed by atoms with van der Waals surface area (Å²) in [6.07, 6.45) is -6.13. The Morgan fingerprint density at radius 1 is 1.05 bits per heavy atom. The van der Waals surface area contributed by atoms with Gasteiger partial charge in [-0.15, -0.1) is 0 Å². The molecule has 1 unspecified atom stereocenters. The zero-order valence-corrected chi connectivity index (χ0v) is 13.2. The van der Waals surface area contributed by atoms with Crippen LogP contribution < -0.4 is 0 Å². The van der Waals surface area contributed by atoms with E-state index in [0.717, 1.165) is 9.64 Å². The van der Waals surface area contributed by atoms with E-state index in [4.69, 9.17) is 11.6 Å². The number of hydrogen-bond donors (Lipinski definition) is 1. The molecule has 1 nitrogen and oxygen atoms in total. The summed E-state index contributed by atoms with van der Waals surface area (Å²) in [5.41, 5.74) is -1.13. The molecule has 0 heterocycles. The van der Waals surface area contributed by atoms with Crippen LogP contribution >= 0.6 is 34.2 Å². The van der Waals surface area contributed by atoms with E-state index in [1.165, 1.54) is 6.07 Å². The monoisotopic (exact) mass is 430 g/mol. The third-order valence-electron chi connectivity index (χ3n) is 2.87. The normalized spacial score (nSPS) is 13.3. The highest BCUT2D eigenvalue weighted by molar-refractivity contribution is 14.1. The molecule has 0 radical (unpaired) electrons. The highest BCUT2D eigenvalue weighted by Crippen LogP contribution is 2.34. The van der Waals surface area contributed by atoms with Crippen LogP contribution in [0.2, 0.25) is 5.02 Å². The van der Waals surface area contributed by atoms with Crippen molar-refractivity contribution in [1.29, 1.82) is 0 Å². The largest absolute Gasteiger partial charge is 0.419 e. The van der Waals surface area contributed by atoms with Crippen molar-refractivity contribution >= 4 is 34.2 Å². The highest BCUT2D eigenvalue weighted by atomic mass is 127. The Hall–Kier alpha value is -0.860. The number of alkyl halides is 3. The van der Waals surface area contributed by atoms with Gasteiger partial charge in [-0.3, -0.25) is 0 Å². The van der Waals surface area contributed by atoms with E-state index < -0.39 is 23.7 Å². The van der Waals surface area contributed by atoms with Gasteiger partial charge in [0, 0.05) is 3.57 Å². The molecule has 0 spiro atoms. The Morgan fingerprint density at radius 2 is 1.62 bits per heavy atom. The van der Waals surface area contributed by atoms with E-state index >= 15 is 0 Å². The van der Waals surface area contributed by atoms with Gasteiger partial charge in [0.25, 0.3) is 0 Å². The number of rotatable bonds is 2. The first-order valence-corrected chi connectivity index (χ1v) is 7.15. The van der Waals surface area contributed by atoms with Crippen LogP contribution in [0.3, 0.4) is 0 Å². The summed E-state index contributed by atoms with van der Waals surface area (Å²) in [4.78, 5) is 0. The minimum atomic E-state index is -4.82. The predicted octanol–water partition coefficient (Wildman–Crippen LogP) is 5.18.